The molecule has 45 heavy (non-hydrogen) atoms. The van der Waals surface area contributed by atoms with Crippen molar-refractivity contribution in [1.82, 2.24) is 10.2 Å². The minimum absolute atomic E-state index is 0.00369. The Kier molecular flexibility index (Phi) is 11.8. The first-order chi connectivity index (χ1) is 21.5. The summed E-state index contributed by atoms with van der Waals surface area (Å²) in [5.41, 5.74) is 2.84. The third-order valence-electron chi connectivity index (χ3n) is 7.51. The van der Waals surface area contributed by atoms with Crippen LogP contribution in [0.1, 0.15) is 37.0 Å². The zero-order valence-electron chi connectivity index (χ0n) is 25.5. The van der Waals surface area contributed by atoms with Crippen LogP contribution in [0.3, 0.4) is 0 Å². The molecule has 7 nitrogen and oxygen atoms in total. The number of carbonyl (C=O) groups excluding carboxylic acids is 2. The number of sulfonamides is 1. The number of anilines is 1. The van der Waals surface area contributed by atoms with Crippen LogP contribution in [0.2, 0.25) is 5.02 Å². The number of aryl methyl sites for hydroxylation is 1. The van der Waals surface area contributed by atoms with Crippen molar-refractivity contribution in [3.63, 3.8) is 0 Å². The van der Waals surface area contributed by atoms with Crippen molar-refractivity contribution >= 4 is 55.1 Å². The Morgan fingerprint density at radius 1 is 0.889 bits per heavy atom. The second-order valence-electron chi connectivity index (χ2n) is 11.0. The third kappa shape index (κ3) is 9.19. The Hall–Kier alpha value is -3.66. The summed E-state index contributed by atoms with van der Waals surface area (Å²) < 4.78 is 30.2. The highest BCUT2D eigenvalue weighted by atomic mass is 79.9. The van der Waals surface area contributed by atoms with E-state index in [1.54, 1.807) is 18.2 Å². The number of nitrogens with one attached hydrogen (secondary N) is 1. The summed E-state index contributed by atoms with van der Waals surface area (Å²) in [4.78, 5) is 29.9. The molecule has 0 spiro atoms. The molecule has 0 saturated carbocycles. The Bertz CT molecular complexity index is 1700. The molecule has 2 amide bonds. The van der Waals surface area contributed by atoms with Gasteiger partial charge in [0.1, 0.15) is 12.6 Å². The quantitative estimate of drug-likeness (QED) is 0.160. The standard InChI is InChI=1S/C35H37BrClN3O4S/c1-4-26(3)38-35(42)33(22-27-10-6-5-7-11-27)39(23-28-13-15-29(36)16-14-28)34(41)24-40(31-12-8-9-25(2)21-31)45(43,44)32-19-17-30(37)18-20-32/h5-21,26,33H,4,22-24H2,1-3H3,(H,38,42)/t26-,33+/m0/s1. The SMILES string of the molecule is CC[C@H](C)NC(=O)[C@@H](Cc1ccccc1)N(Cc1ccc(Br)cc1)C(=O)CN(c1cccc(C)c1)S(=O)(=O)c1ccc(Cl)cc1. The van der Waals surface area contributed by atoms with E-state index in [-0.39, 0.29) is 29.8 Å². The first-order valence-electron chi connectivity index (χ1n) is 14.7. The predicted molar refractivity (Wildman–Crippen MR) is 184 cm³/mol. The molecule has 0 aliphatic heterocycles. The molecule has 4 aromatic carbocycles. The van der Waals surface area contributed by atoms with Gasteiger partial charge in [-0.25, -0.2) is 8.42 Å². The number of rotatable bonds is 13. The second kappa shape index (κ2) is 15.6. The number of benzene rings is 4. The number of halogens is 2. The van der Waals surface area contributed by atoms with E-state index in [1.807, 2.05) is 81.4 Å². The van der Waals surface area contributed by atoms with Gasteiger partial charge < -0.3 is 10.2 Å². The van der Waals surface area contributed by atoms with Gasteiger partial charge in [0, 0.05) is 28.5 Å². The van der Waals surface area contributed by atoms with Crippen LogP contribution in [0.4, 0.5) is 5.69 Å². The fraction of sp³-hybridized carbons (Fsp3) is 0.257. The number of amides is 2. The van der Waals surface area contributed by atoms with Gasteiger partial charge in [0.05, 0.1) is 10.6 Å². The van der Waals surface area contributed by atoms with E-state index < -0.39 is 28.5 Å². The fourth-order valence-corrected chi connectivity index (χ4v) is 6.62. The van der Waals surface area contributed by atoms with Crippen LogP contribution in [0.15, 0.2) is 112 Å². The molecule has 0 fully saturated rings. The molecular formula is C35H37BrClN3O4S. The van der Waals surface area contributed by atoms with E-state index in [0.29, 0.717) is 17.1 Å². The highest BCUT2D eigenvalue weighted by Gasteiger charge is 2.35. The maximum atomic E-state index is 14.5. The minimum atomic E-state index is -4.20. The first kappa shape index (κ1) is 34.2. The molecule has 1 N–H and O–H groups in total. The highest BCUT2D eigenvalue weighted by Crippen LogP contribution is 2.27. The van der Waals surface area contributed by atoms with Crippen LogP contribution in [0.25, 0.3) is 0 Å². The van der Waals surface area contributed by atoms with Gasteiger partial charge in [0.25, 0.3) is 10.0 Å². The average molecular weight is 711 g/mol. The van der Waals surface area contributed by atoms with Crippen LogP contribution in [0, 0.1) is 6.92 Å². The van der Waals surface area contributed by atoms with E-state index in [2.05, 4.69) is 21.2 Å². The normalized spacial score (nSPS) is 12.6. The lowest BCUT2D eigenvalue weighted by atomic mass is 10.0. The van der Waals surface area contributed by atoms with Crippen LogP contribution < -0.4 is 9.62 Å². The largest absolute Gasteiger partial charge is 0.352 e. The summed E-state index contributed by atoms with van der Waals surface area (Å²) in [6.45, 7) is 5.32. The topological polar surface area (TPSA) is 86.8 Å². The van der Waals surface area contributed by atoms with Crippen molar-refractivity contribution in [2.24, 2.45) is 0 Å². The lowest BCUT2D eigenvalue weighted by Gasteiger charge is -2.34. The highest BCUT2D eigenvalue weighted by molar-refractivity contribution is 9.10. The van der Waals surface area contributed by atoms with Gasteiger partial charge in [-0.3, -0.25) is 13.9 Å². The van der Waals surface area contributed by atoms with E-state index >= 15 is 0 Å². The zero-order chi connectivity index (χ0) is 32.6. The molecule has 0 bridgehead atoms. The van der Waals surface area contributed by atoms with Crippen molar-refractivity contribution in [1.29, 1.82) is 0 Å². The molecule has 0 saturated heterocycles. The summed E-state index contributed by atoms with van der Waals surface area (Å²) in [5.74, 6) is -0.821. The Labute approximate surface area is 279 Å². The maximum Gasteiger partial charge on any atom is 0.264 e. The maximum absolute atomic E-state index is 14.5. The van der Waals surface area contributed by atoms with Crippen LogP contribution in [0.5, 0.6) is 0 Å². The molecule has 236 valence electrons. The van der Waals surface area contributed by atoms with E-state index in [1.165, 1.54) is 29.2 Å². The van der Waals surface area contributed by atoms with Crippen LogP contribution >= 0.6 is 27.5 Å². The van der Waals surface area contributed by atoms with Gasteiger partial charge in [0.2, 0.25) is 11.8 Å². The van der Waals surface area contributed by atoms with Gasteiger partial charge in [-0.2, -0.15) is 0 Å². The Balaban J connectivity index is 1.80. The summed E-state index contributed by atoms with van der Waals surface area (Å²) in [5, 5.41) is 3.44. The van der Waals surface area contributed by atoms with Crippen molar-refractivity contribution < 1.29 is 18.0 Å². The fourth-order valence-electron chi connectivity index (χ4n) is 4.83. The molecule has 0 aliphatic rings. The molecule has 4 rings (SSSR count). The van der Waals surface area contributed by atoms with Gasteiger partial charge >= 0.3 is 0 Å². The lowest BCUT2D eigenvalue weighted by molar-refractivity contribution is -0.140. The van der Waals surface area contributed by atoms with Crippen LogP contribution in [-0.4, -0.2) is 43.8 Å². The van der Waals surface area contributed by atoms with Crippen molar-refractivity contribution in [3.05, 3.63) is 129 Å². The monoisotopic (exact) mass is 709 g/mol. The zero-order valence-corrected chi connectivity index (χ0v) is 28.6. The summed E-state index contributed by atoms with van der Waals surface area (Å²) >= 11 is 9.52. The van der Waals surface area contributed by atoms with Crippen LogP contribution in [-0.2, 0) is 32.6 Å². The minimum Gasteiger partial charge on any atom is -0.352 e. The van der Waals surface area contributed by atoms with Gasteiger partial charge in [-0.15, -0.1) is 0 Å². The predicted octanol–water partition coefficient (Wildman–Crippen LogP) is 7.16. The number of hydrogen-bond donors (Lipinski definition) is 1. The van der Waals surface area contributed by atoms with Gasteiger partial charge in [-0.05, 0) is 85.5 Å². The van der Waals surface area contributed by atoms with E-state index in [9.17, 15) is 18.0 Å². The molecule has 4 aromatic rings. The lowest BCUT2D eigenvalue weighted by Crippen LogP contribution is -2.54. The molecular weight excluding hydrogens is 674 g/mol. The Morgan fingerprint density at radius 3 is 2.18 bits per heavy atom. The molecule has 2 atom stereocenters. The number of carbonyl (C=O) groups is 2. The molecule has 0 aliphatic carbocycles. The number of nitrogens with zero attached hydrogens (tertiary/aromatic N) is 2. The van der Waals surface area contributed by atoms with Gasteiger partial charge in [0.15, 0.2) is 0 Å². The average Bonchev–Trinajstić information content (AvgIpc) is 3.02. The van der Waals surface area contributed by atoms with E-state index in [0.717, 1.165) is 25.5 Å². The first-order valence-corrected chi connectivity index (χ1v) is 17.3. The van der Waals surface area contributed by atoms with E-state index in [4.69, 9.17) is 11.6 Å². The van der Waals surface area contributed by atoms with Crippen molar-refractivity contribution in [2.45, 2.75) is 57.1 Å². The third-order valence-corrected chi connectivity index (χ3v) is 10.1. The second-order valence-corrected chi connectivity index (χ2v) is 14.2. The van der Waals surface area contributed by atoms with Gasteiger partial charge in [-0.1, -0.05) is 89.1 Å². The van der Waals surface area contributed by atoms with Crippen molar-refractivity contribution in [2.75, 3.05) is 10.8 Å². The number of hydrogen-bond acceptors (Lipinski definition) is 4. The summed E-state index contributed by atoms with van der Waals surface area (Å²) in [6, 6.07) is 28.8. The molecule has 10 heteroatoms. The summed E-state index contributed by atoms with van der Waals surface area (Å²) in [6.07, 6.45) is 0.963. The molecule has 0 heterocycles. The molecule has 0 unspecified atom stereocenters. The Morgan fingerprint density at radius 2 is 1.56 bits per heavy atom. The molecule has 0 aromatic heterocycles. The molecule has 0 radical (unpaired) electrons. The smallest absolute Gasteiger partial charge is 0.264 e. The summed E-state index contributed by atoms with van der Waals surface area (Å²) in [7, 11) is -4.20. The van der Waals surface area contributed by atoms with Crippen molar-refractivity contribution in [3.8, 4) is 0 Å².